The van der Waals surface area contributed by atoms with E-state index in [1.165, 1.54) is 47.6 Å². The van der Waals surface area contributed by atoms with E-state index in [-0.39, 0.29) is 89.2 Å². The van der Waals surface area contributed by atoms with Crippen molar-refractivity contribution in [2.75, 3.05) is 50.8 Å². The lowest BCUT2D eigenvalue weighted by atomic mass is 9.95. The number of phenolic OH excluding ortho intramolecular Hbond substituents is 1. The number of fused-ring (bicyclic) bond motifs is 3. The molecule has 0 bridgehead atoms. The molecular weight excluding hydrogens is 692 g/mol. The van der Waals surface area contributed by atoms with Crippen molar-refractivity contribution in [2.45, 2.75) is 31.0 Å². The van der Waals surface area contributed by atoms with E-state index in [1.807, 2.05) is 0 Å². The first-order valence-electron chi connectivity index (χ1n) is 17.1. The number of aromatic hydroxyl groups is 1. The van der Waals surface area contributed by atoms with Crippen LogP contribution in [-0.4, -0.2) is 104 Å². The quantitative estimate of drug-likeness (QED) is 0.136. The summed E-state index contributed by atoms with van der Waals surface area (Å²) in [7, 11) is 0. The van der Waals surface area contributed by atoms with E-state index in [0.717, 1.165) is 25.5 Å². The number of nitrogens with zero attached hydrogens (tertiary/aromatic N) is 8. The molecule has 2 atom stereocenters. The number of hydrogen-bond donors (Lipinski definition) is 1. The number of carbonyl (C=O) groups excluding carboxylic acids is 1. The fourth-order valence-corrected chi connectivity index (χ4v) is 7.77. The normalized spacial score (nSPS) is 20.6. The number of aromatic nitrogens is 5. The molecule has 270 valence electrons. The molecule has 0 saturated carbocycles. The molecule has 3 fully saturated rings. The van der Waals surface area contributed by atoms with Gasteiger partial charge in [0.05, 0.1) is 22.2 Å². The van der Waals surface area contributed by atoms with Gasteiger partial charge in [-0.05, 0) is 55.1 Å². The smallest absolute Gasteiger partial charge is 0.319 e. The molecule has 15 heteroatoms. The molecule has 6 heterocycles. The lowest BCUT2D eigenvalue weighted by molar-refractivity contribution is -0.128. The Morgan fingerprint density at radius 3 is 2.74 bits per heavy atom. The number of carbonyl (C=O) groups is 1. The Morgan fingerprint density at radius 2 is 1.96 bits per heavy atom. The maximum atomic E-state index is 16.9. The molecule has 3 aromatic heterocycles. The fourth-order valence-electron chi connectivity index (χ4n) is 7.77. The summed E-state index contributed by atoms with van der Waals surface area (Å²) in [5, 5.41) is 18.8. The van der Waals surface area contributed by atoms with Crippen LogP contribution in [0.3, 0.4) is 0 Å². The van der Waals surface area contributed by atoms with Crippen molar-refractivity contribution in [1.82, 2.24) is 34.9 Å². The number of hydrogen-bond acceptors (Lipinski definition) is 10. The summed E-state index contributed by atoms with van der Waals surface area (Å²) in [4.78, 5) is 31.8. The SMILES string of the molecule is C#Cc1c(F)ccc2cc(O)cc(-c3ncc4c(N5CCN(C(=O)/C(F)=C/c6cccnn6)CC5)nc(OC[C@@]56CCCN5C[C@H](F)C6)nc4c3F)c12. The molecule has 8 rings (SSSR count). The number of terminal acetylenes is 1. The second kappa shape index (κ2) is 13.6. The monoisotopic (exact) mass is 724 g/mol. The molecule has 0 unspecified atom stereocenters. The minimum atomic E-state index is -0.993. The predicted octanol–water partition coefficient (Wildman–Crippen LogP) is 5.21. The summed E-state index contributed by atoms with van der Waals surface area (Å²) >= 11 is 0. The van der Waals surface area contributed by atoms with Gasteiger partial charge in [0.15, 0.2) is 11.6 Å². The van der Waals surface area contributed by atoms with Crippen LogP contribution in [0.2, 0.25) is 0 Å². The topological polar surface area (TPSA) is 121 Å². The molecule has 1 amide bonds. The highest BCUT2D eigenvalue weighted by molar-refractivity contribution is 6.03. The Morgan fingerprint density at radius 1 is 1.13 bits per heavy atom. The van der Waals surface area contributed by atoms with Crippen LogP contribution < -0.4 is 9.64 Å². The zero-order valence-corrected chi connectivity index (χ0v) is 28.3. The highest BCUT2D eigenvalue weighted by Gasteiger charge is 2.49. The molecular formula is C38H32F4N8O3. The molecule has 1 N–H and O–H groups in total. The van der Waals surface area contributed by atoms with E-state index in [2.05, 4.69) is 36.0 Å². The average Bonchev–Trinajstić information content (AvgIpc) is 3.69. The van der Waals surface area contributed by atoms with Crippen molar-refractivity contribution >= 4 is 39.5 Å². The number of ether oxygens (including phenoxy) is 1. The first-order chi connectivity index (χ1) is 25.6. The summed E-state index contributed by atoms with van der Waals surface area (Å²) < 4.78 is 67.4. The molecule has 5 aromatic rings. The number of piperazine rings is 1. The van der Waals surface area contributed by atoms with E-state index in [9.17, 15) is 23.1 Å². The zero-order valence-electron chi connectivity index (χ0n) is 28.3. The van der Waals surface area contributed by atoms with E-state index in [4.69, 9.17) is 11.2 Å². The number of halogens is 4. The number of phenols is 1. The third-order valence-corrected chi connectivity index (χ3v) is 10.3. The van der Waals surface area contributed by atoms with Crippen LogP contribution in [0, 0.1) is 24.0 Å². The predicted molar refractivity (Wildman–Crippen MR) is 188 cm³/mol. The number of anilines is 1. The molecule has 11 nitrogen and oxygen atoms in total. The number of pyridine rings is 1. The summed E-state index contributed by atoms with van der Waals surface area (Å²) in [6.45, 7) is 1.76. The molecule has 3 aliphatic rings. The van der Waals surface area contributed by atoms with E-state index < -0.39 is 35.1 Å². The van der Waals surface area contributed by atoms with Gasteiger partial charge < -0.3 is 19.6 Å². The third-order valence-electron chi connectivity index (χ3n) is 10.3. The van der Waals surface area contributed by atoms with E-state index in [0.29, 0.717) is 18.4 Å². The van der Waals surface area contributed by atoms with Crippen LogP contribution in [0.5, 0.6) is 11.8 Å². The van der Waals surface area contributed by atoms with Crippen LogP contribution in [0.4, 0.5) is 23.4 Å². The molecule has 0 spiro atoms. The molecule has 2 aromatic carbocycles. The molecule has 3 aliphatic heterocycles. The highest BCUT2D eigenvalue weighted by atomic mass is 19.1. The van der Waals surface area contributed by atoms with Gasteiger partial charge in [-0.3, -0.25) is 14.7 Å². The summed E-state index contributed by atoms with van der Waals surface area (Å²) in [6, 6.07) is 8.20. The zero-order chi connectivity index (χ0) is 36.9. The van der Waals surface area contributed by atoms with Crippen LogP contribution in [0.25, 0.3) is 39.0 Å². The first kappa shape index (κ1) is 34.2. The van der Waals surface area contributed by atoms with Crippen LogP contribution >= 0.6 is 0 Å². The van der Waals surface area contributed by atoms with Gasteiger partial charge in [-0.15, -0.1) is 6.42 Å². The van der Waals surface area contributed by atoms with Crippen molar-refractivity contribution in [3.8, 4) is 35.4 Å². The lowest BCUT2D eigenvalue weighted by Gasteiger charge is -2.35. The van der Waals surface area contributed by atoms with E-state index in [1.54, 1.807) is 11.0 Å². The van der Waals surface area contributed by atoms with Crippen molar-refractivity contribution in [3.05, 3.63) is 77.5 Å². The second-order valence-electron chi connectivity index (χ2n) is 13.5. The Balaban J connectivity index is 1.17. The average molecular weight is 725 g/mol. The minimum absolute atomic E-state index is 0.0543. The Hall–Kier alpha value is -5.88. The van der Waals surface area contributed by atoms with Gasteiger partial charge in [-0.25, -0.2) is 17.6 Å². The van der Waals surface area contributed by atoms with Gasteiger partial charge in [0.1, 0.15) is 41.4 Å². The molecule has 3 saturated heterocycles. The van der Waals surface area contributed by atoms with E-state index >= 15 is 4.39 Å². The van der Waals surface area contributed by atoms with Crippen LogP contribution in [0.1, 0.15) is 30.5 Å². The molecule has 53 heavy (non-hydrogen) atoms. The van der Waals surface area contributed by atoms with Crippen LogP contribution in [-0.2, 0) is 4.79 Å². The van der Waals surface area contributed by atoms with Gasteiger partial charge >= 0.3 is 6.01 Å². The van der Waals surface area contributed by atoms with Crippen molar-refractivity contribution in [2.24, 2.45) is 0 Å². The summed E-state index contributed by atoms with van der Waals surface area (Å²) in [5.41, 5.74) is -0.815. The summed E-state index contributed by atoms with van der Waals surface area (Å²) in [6.07, 6.45) is 10.4. The van der Waals surface area contributed by atoms with Gasteiger partial charge in [-0.2, -0.15) is 20.2 Å². The largest absolute Gasteiger partial charge is 0.508 e. The van der Waals surface area contributed by atoms with Crippen LogP contribution in [0.15, 0.2) is 54.6 Å². The number of amides is 1. The maximum Gasteiger partial charge on any atom is 0.319 e. The van der Waals surface area contributed by atoms with Crippen molar-refractivity contribution in [1.29, 1.82) is 0 Å². The standard InChI is InChI=1S/C38H32F4N8O3/c1-2-26-29(40)7-6-22-15-25(51)17-27(31(22)26)33-32(42)34-28(19-43-33)35(46-37(45-34)53-21-38-8-4-10-50(38)20-23(39)18-38)48-11-13-49(14-12-48)36(52)30(41)16-24-5-3-9-44-47-24/h1,3,5-7,9,15-17,19,23,51H,4,8,10-14,18,20-21H2/b30-16-/t23-,38+/m1/s1. The van der Waals surface area contributed by atoms with Crippen molar-refractivity contribution < 1.29 is 32.2 Å². The maximum absolute atomic E-state index is 16.9. The Kier molecular flexibility index (Phi) is 8.77. The Labute approximate surface area is 300 Å². The van der Waals surface area contributed by atoms with Gasteiger partial charge in [-0.1, -0.05) is 12.0 Å². The number of alkyl halides is 1. The number of rotatable bonds is 7. The minimum Gasteiger partial charge on any atom is -0.508 e. The van der Waals surface area contributed by atoms with Gasteiger partial charge in [0, 0.05) is 68.6 Å². The highest BCUT2D eigenvalue weighted by Crippen LogP contribution is 2.42. The number of benzene rings is 2. The fraction of sp³-hybridized carbons (Fsp3) is 0.316. The first-order valence-corrected chi connectivity index (χ1v) is 17.1. The van der Waals surface area contributed by atoms with Gasteiger partial charge in [0.2, 0.25) is 0 Å². The molecule has 0 radical (unpaired) electrons. The lowest BCUT2D eigenvalue weighted by Crippen LogP contribution is -2.49. The van der Waals surface area contributed by atoms with Crippen molar-refractivity contribution in [3.63, 3.8) is 0 Å². The third kappa shape index (κ3) is 6.22. The van der Waals surface area contributed by atoms with Gasteiger partial charge in [0.25, 0.3) is 5.91 Å². The Bertz CT molecular complexity index is 2330. The molecule has 0 aliphatic carbocycles. The second-order valence-corrected chi connectivity index (χ2v) is 13.5. The summed E-state index contributed by atoms with van der Waals surface area (Å²) in [5.74, 6) is -1.02.